The van der Waals surface area contributed by atoms with Gasteiger partial charge in [0.25, 0.3) is 0 Å². The van der Waals surface area contributed by atoms with Crippen molar-refractivity contribution in [2.24, 2.45) is 0 Å². The quantitative estimate of drug-likeness (QED) is 0.787. The molecule has 3 heteroatoms. The second kappa shape index (κ2) is 5.76. The summed E-state index contributed by atoms with van der Waals surface area (Å²) in [5.41, 5.74) is 7.53. The van der Waals surface area contributed by atoms with Gasteiger partial charge < -0.3 is 9.73 Å². The molecule has 0 bridgehead atoms. The maximum Gasteiger partial charge on any atom is 0.224 e. The molecule has 1 heterocycles. The molecular weight excluding hydrogens is 310 g/mol. The molecule has 1 amide bonds. The summed E-state index contributed by atoms with van der Waals surface area (Å²) < 4.78 is 5.70. The summed E-state index contributed by atoms with van der Waals surface area (Å²) >= 11 is 0. The zero-order chi connectivity index (χ0) is 16.8. The molecular formula is C22H21NO2. The second-order valence-corrected chi connectivity index (χ2v) is 7.31. The predicted molar refractivity (Wildman–Crippen MR) is 97.8 cm³/mol. The number of aryl methyl sites for hydroxylation is 2. The lowest BCUT2D eigenvalue weighted by atomic mass is 9.77. The molecule has 2 aliphatic rings. The average Bonchev–Trinajstić information content (AvgIpc) is 3.20. The van der Waals surface area contributed by atoms with Gasteiger partial charge >= 0.3 is 0 Å². The Hall–Kier alpha value is -2.55. The summed E-state index contributed by atoms with van der Waals surface area (Å²) in [6.07, 6.45) is 6.71. The fourth-order valence-corrected chi connectivity index (χ4v) is 4.30. The van der Waals surface area contributed by atoms with Gasteiger partial charge in [-0.1, -0.05) is 24.3 Å². The van der Waals surface area contributed by atoms with E-state index in [1.54, 1.807) is 6.26 Å². The van der Waals surface area contributed by atoms with Crippen LogP contribution in [0.15, 0.2) is 47.1 Å². The molecule has 1 aromatic heterocycles. The normalized spacial score (nSPS) is 17.8. The van der Waals surface area contributed by atoms with Crippen molar-refractivity contribution in [3.8, 4) is 0 Å². The van der Waals surface area contributed by atoms with E-state index in [0.29, 0.717) is 12.3 Å². The van der Waals surface area contributed by atoms with E-state index in [-0.39, 0.29) is 5.91 Å². The molecule has 1 unspecified atom stereocenters. The van der Waals surface area contributed by atoms with Crippen LogP contribution in [-0.4, -0.2) is 12.5 Å². The third-order valence-electron chi connectivity index (χ3n) is 5.73. The molecule has 0 aliphatic heterocycles. The molecule has 3 nitrogen and oxygen atoms in total. The smallest absolute Gasteiger partial charge is 0.224 e. The van der Waals surface area contributed by atoms with Crippen LogP contribution in [0.1, 0.15) is 40.2 Å². The highest BCUT2D eigenvalue weighted by Gasteiger charge is 2.25. The predicted octanol–water partition coefficient (Wildman–Crippen LogP) is 3.92. The van der Waals surface area contributed by atoms with Gasteiger partial charge in [0.05, 0.1) is 12.7 Å². The third-order valence-corrected chi connectivity index (χ3v) is 5.73. The van der Waals surface area contributed by atoms with Crippen molar-refractivity contribution in [3.63, 3.8) is 0 Å². The molecule has 1 N–H and O–H groups in total. The van der Waals surface area contributed by atoms with Gasteiger partial charge in [0.2, 0.25) is 5.91 Å². The monoisotopic (exact) mass is 331 g/mol. The van der Waals surface area contributed by atoms with Crippen LogP contribution in [0, 0.1) is 0 Å². The number of hydrogen-bond donors (Lipinski definition) is 1. The molecule has 1 atom stereocenters. The lowest BCUT2D eigenvalue weighted by Gasteiger charge is -2.30. The minimum absolute atomic E-state index is 0.0765. The van der Waals surface area contributed by atoms with E-state index in [2.05, 4.69) is 41.7 Å². The second-order valence-electron chi connectivity index (χ2n) is 7.31. The number of fused-ring (bicyclic) bond motifs is 3. The van der Waals surface area contributed by atoms with Crippen LogP contribution in [0.3, 0.4) is 0 Å². The summed E-state index contributed by atoms with van der Waals surface area (Å²) in [7, 11) is 0. The van der Waals surface area contributed by atoms with Crippen molar-refractivity contribution in [2.45, 2.75) is 38.0 Å². The topological polar surface area (TPSA) is 42.2 Å². The number of furan rings is 1. The summed E-state index contributed by atoms with van der Waals surface area (Å²) in [6, 6.07) is 12.9. The summed E-state index contributed by atoms with van der Waals surface area (Å²) in [5, 5.41) is 4.20. The largest absolute Gasteiger partial charge is 0.464 e. The molecule has 25 heavy (non-hydrogen) atoms. The van der Waals surface area contributed by atoms with Gasteiger partial charge in [0.15, 0.2) is 0 Å². The summed E-state index contributed by atoms with van der Waals surface area (Å²) in [6.45, 7) is 0.723. The van der Waals surface area contributed by atoms with E-state index >= 15 is 0 Å². The Kier molecular flexibility index (Phi) is 3.40. The van der Waals surface area contributed by atoms with E-state index in [1.807, 2.05) is 0 Å². The zero-order valence-corrected chi connectivity index (χ0v) is 14.2. The molecule has 0 saturated heterocycles. The van der Waals surface area contributed by atoms with E-state index in [4.69, 9.17) is 4.42 Å². The number of hydrogen-bond acceptors (Lipinski definition) is 2. The number of carbonyl (C=O) groups is 1. The maximum atomic E-state index is 12.4. The Morgan fingerprint density at radius 1 is 1.12 bits per heavy atom. The highest BCUT2D eigenvalue weighted by Crippen LogP contribution is 2.34. The molecule has 2 aliphatic carbocycles. The van der Waals surface area contributed by atoms with Crippen molar-refractivity contribution < 1.29 is 9.21 Å². The van der Waals surface area contributed by atoms with Crippen LogP contribution < -0.4 is 5.32 Å². The molecule has 0 fully saturated rings. The Balaban J connectivity index is 1.26. The van der Waals surface area contributed by atoms with E-state index in [1.165, 1.54) is 28.7 Å². The van der Waals surface area contributed by atoms with E-state index in [9.17, 15) is 4.79 Å². The van der Waals surface area contributed by atoms with Gasteiger partial charge in [-0.3, -0.25) is 4.79 Å². The summed E-state index contributed by atoms with van der Waals surface area (Å²) in [5.74, 6) is 0.539. The average molecular weight is 331 g/mol. The van der Waals surface area contributed by atoms with Crippen LogP contribution >= 0.6 is 0 Å². The molecule has 0 radical (unpaired) electrons. The Morgan fingerprint density at radius 2 is 1.96 bits per heavy atom. The Morgan fingerprint density at radius 3 is 2.84 bits per heavy atom. The fraction of sp³-hybridized carbons (Fsp3) is 0.318. The van der Waals surface area contributed by atoms with Gasteiger partial charge in [-0.05, 0) is 60.1 Å². The van der Waals surface area contributed by atoms with Crippen LogP contribution in [0.5, 0.6) is 0 Å². The minimum Gasteiger partial charge on any atom is -0.464 e. The van der Waals surface area contributed by atoms with Gasteiger partial charge in [-0.25, -0.2) is 0 Å². The van der Waals surface area contributed by atoms with Crippen molar-refractivity contribution in [1.29, 1.82) is 0 Å². The number of benzene rings is 2. The first-order chi connectivity index (χ1) is 12.3. The Labute approximate surface area is 147 Å². The van der Waals surface area contributed by atoms with Crippen molar-refractivity contribution >= 4 is 16.9 Å². The first kappa shape index (κ1) is 14.8. The van der Waals surface area contributed by atoms with Crippen LogP contribution in [0.2, 0.25) is 0 Å². The number of carbonyl (C=O) groups excluding carboxylic acids is 1. The van der Waals surface area contributed by atoms with Gasteiger partial charge in [0, 0.05) is 23.4 Å². The Bertz CT molecular complexity index is 969. The summed E-state index contributed by atoms with van der Waals surface area (Å²) in [4.78, 5) is 12.4. The fourth-order valence-electron chi connectivity index (χ4n) is 4.30. The van der Waals surface area contributed by atoms with Crippen LogP contribution in [-0.2, 0) is 30.5 Å². The molecule has 3 aromatic rings. The van der Waals surface area contributed by atoms with Gasteiger partial charge in [0.1, 0.15) is 5.58 Å². The number of amides is 1. The van der Waals surface area contributed by atoms with E-state index < -0.39 is 0 Å². The van der Waals surface area contributed by atoms with Crippen LogP contribution in [0.25, 0.3) is 11.0 Å². The number of rotatable bonds is 4. The molecule has 0 saturated carbocycles. The highest BCUT2D eigenvalue weighted by molar-refractivity contribution is 5.88. The van der Waals surface area contributed by atoms with Crippen molar-refractivity contribution in [3.05, 3.63) is 70.5 Å². The molecule has 5 rings (SSSR count). The third kappa shape index (κ3) is 2.55. The minimum atomic E-state index is 0.0765. The molecule has 2 aromatic carbocycles. The first-order valence-corrected chi connectivity index (χ1v) is 9.14. The van der Waals surface area contributed by atoms with Crippen molar-refractivity contribution in [1.82, 2.24) is 5.32 Å². The van der Waals surface area contributed by atoms with Gasteiger partial charge in [-0.2, -0.15) is 0 Å². The SMILES string of the molecule is O=C(Cc1coc2cc3c(cc12)CCC3)NCC1Cc2ccccc21. The lowest BCUT2D eigenvalue weighted by Crippen LogP contribution is -2.33. The lowest BCUT2D eigenvalue weighted by molar-refractivity contribution is -0.120. The number of nitrogens with one attached hydrogen (secondary N) is 1. The molecule has 126 valence electrons. The van der Waals surface area contributed by atoms with Gasteiger partial charge in [-0.15, -0.1) is 0 Å². The molecule has 0 spiro atoms. The first-order valence-electron chi connectivity index (χ1n) is 9.14. The maximum absolute atomic E-state index is 12.4. The standard InChI is InChI=1S/C22H21NO2/c24-22(23-12-17-8-16-4-1-2-7-19(16)17)11-18-13-25-21-10-15-6-3-5-14(15)9-20(18)21/h1-2,4,7,9-10,13,17H,3,5-6,8,11-12H2,(H,23,24). The van der Waals surface area contributed by atoms with E-state index in [0.717, 1.165) is 42.3 Å². The van der Waals surface area contributed by atoms with Crippen LogP contribution in [0.4, 0.5) is 0 Å². The zero-order valence-electron chi connectivity index (χ0n) is 14.2. The van der Waals surface area contributed by atoms with Crippen molar-refractivity contribution in [2.75, 3.05) is 6.54 Å². The highest BCUT2D eigenvalue weighted by atomic mass is 16.3.